The van der Waals surface area contributed by atoms with E-state index < -0.39 is 36.5 Å². The lowest BCUT2D eigenvalue weighted by Gasteiger charge is -2.09. The third-order valence-corrected chi connectivity index (χ3v) is 4.07. The van der Waals surface area contributed by atoms with Crippen LogP contribution in [-0.4, -0.2) is 41.4 Å². The molecular formula is C15H10F5N7O. The zero-order chi connectivity index (χ0) is 20.1. The number of halogens is 5. The van der Waals surface area contributed by atoms with Crippen LogP contribution in [-0.2, 0) is 19.1 Å². The smallest absolute Gasteiger partial charge is 0.290 e. The number of aromatic nitrogens is 6. The van der Waals surface area contributed by atoms with Gasteiger partial charge in [0, 0.05) is 6.20 Å². The van der Waals surface area contributed by atoms with Crippen LogP contribution in [0.1, 0.15) is 21.6 Å². The van der Waals surface area contributed by atoms with E-state index in [-0.39, 0.29) is 23.0 Å². The molecule has 1 N–H and O–H groups in total. The van der Waals surface area contributed by atoms with E-state index in [2.05, 4.69) is 25.5 Å². The Hall–Kier alpha value is -3.38. The van der Waals surface area contributed by atoms with Crippen LogP contribution in [0.15, 0.2) is 30.9 Å². The van der Waals surface area contributed by atoms with Crippen molar-refractivity contribution in [1.82, 2.24) is 29.5 Å². The third-order valence-electron chi connectivity index (χ3n) is 4.07. The molecule has 0 radical (unpaired) electrons. The molecule has 3 aromatic heterocycles. The zero-order valence-electron chi connectivity index (χ0n) is 13.8. The van der Waals surface area contributed by atoms with E-state index in [9.17, 15) is 26.7 Å². The number of pyridine rings is 1. The summed E-state index contributed by atoms with van der Waals surface area (Å²) in [5.41, 5.74) is -0.911. The number of hydrogen-bond acceptors (Lipinski definition) is 5. The minimum Gasteiger partial charge on any atom is -0.290 e. The highest BCUT2D eigenvalue weighted by Crippen LogP contribution is 2.31. The molecule has 0 aromatic carbocycles. The number of anilines is 1. The monoisotopic (exact) mass is 399 g/mol. The summed E-state index contributed by atoms with van der Waals surface area (Å²) in [7, 11) is 0. The number of carbonyl (C=O) groups is 1. The topological polar surface area (TPSA) is 90.5 Å². The number of alkyl halides is 5. The lowest BCUT2D eigenvalue weighted by Crippen LogP contribution is -2.19. The molecule has 1 amide bonds. The van der Waals surface area contributed by atoms with E-state index in [1.807, 2.05) is 0 Å². The molecule has 4 rings (SSSR count). The first-order chi connectivity index (χ1) is 13.1. The van der Waals surface area contributed by atoms with E-state index in [1.54, 1.807) is 0 Å². The number of carbonyl (C=O) groups excluding carboxylic acids is 1. The molecule has 0 saturated carbocycles. The fraction of sp³-hybridized carbons (Fsp3) is 0.267. The molecule has 8 nitrogen and oxygen atoms in total. The summed E-state index contributed by atoms with van der Waals surface area (Å²) in [6.07, 6.45) is -2.32. The summed E-state index contributed by atoms with van der Waals surface area (Å²) >= 11 is 0. The number of rotatable bonds is 3. The van der Waals surface area contributed by atoms with Crippen LogP contribution in [0.3, 0.4) is 0 Å². The van der Waals surface area contributed by atoms with Crippen molar-refractivity contribution in [3.63, 3.8) is 0 Å². The maximum absolute atomic E-state index is 13.5. The number of hydrogen-bond donors (Lipinski definition) is 1. The SMILES string of the molecule is O=C(Nc1ncnn1-c1ccc(C(F)(F)F)cn1)c1cnn2c1CC(F)(F)C2. The normalized spacial score (nSPS) is 15.5. The van der Waals surface area contributed by atoms with Gasteiger partial charge in [-0.2, -0.15) is 33.0 Å². The molecule has 146 valence electrons. The Labute approximate surface area is 153 Å². The number of amides is 1. The largest absolute Gasteiger partial charge is 0.417 e. The maximum atomic E-state index is 13.5. The fourth-order valence-electron chi connectivity index (χ4n) is 2.79. The van der Waals surface area contributed by atoms with Crippen molar-refractivity contribution in [3.05, 3.63) is 47.7 Å². The van der Waals surface area contributed by atoms with Gasteiger partial charge in [-0.3, -0.25) is 14.8 Å². The quantitative estimate of drug-likeness (QED) is 0.683. The number of fused-ring (bicyclic) bond motifs is 1. The summed E-state index contributed by atoms with van der Waals surface area (Å²) in [5.74, 6) is -3.89. The average molecular weight is 399 g/mol. The van der Waals surface area contributed by atoms with Gasteiger partial charge < -0.3 is 0 Å². The molecule has 0 spiro atoms. The highest BCUT2D eigenvalue weighted by atomic mass is 19.4. The number of nitrogens with zero attached hydrogens (tertiary/aromatic N) is 6. The Morgan fingerprint density at radius 1 is 1.14 bits per heavy atom. The van der Waals surface area contributed by atoms with Gasteiger partial charge in [0.25, 0.3) is 11.8 Å². The molecule has 0 bridgehead atoms. The van der Waals surface area contributed by atoms with Crippen molar-refractivity contribution in [2.45, 2.75) is 25.1 Å². The van der Waals surface area contributed by atoms with Crippen molar-refractivity contribution in [2.24, 2.45) is 0 Å². The molecule has 0 aliphatic carbocycles. The summed E-state index contributed by atoms with van der Waals surface area (Å²) < 4.78 is 67.0. The van der Waals surface area contributed by atoms with Crippen LogP contribution in [0.2, 0.25) is 0 Å². The second-order valence-electron chi connectivity index (χ2n) is 6.05. The summed E-state index contributed by atoms with van der Waals surface area (Å²) in [5, 5.41) is 9.97. The van der Waals surface area contributed by atoms with Crippen LogP contribution >= 0.6 is 0 Å². The van der Waals surface area contributed by atoms with Crippen LogP contribution in [0.5, 0.6) is 0 Å². The first kappa shape index (κ1) is 18.0. The third kappa shape index (κ3) is 3.18. The number of nitrogens with one attached hydrogen (secondary N) is 1. The Kier molecular flexibility index (Phi) is 3.90. The minimum atomic E-state index is -4.55. The molecule has 0 fully saturated rings. The molecule has 1 aliphatic heterocycles. The lowest BCUT2D eigenvalue weighted by atomic mass is 10.1. The van der Waals surface area contributed by atoms with Crippen molar-refractivity contribution >= 4 is 11.9 Å². The molecule has 4 heterocycles. The average Bonchev–Trinajstić information content (AvgIpc) is 3.27. The fourth-order valence-corrected chi connectivity index (χ4v) is 2.79. The van der Waals surface area contributed by atoms with Gasteiger partial charge in [0.1, 0.15) is 12.9 Å². The highest BCUT2D eigenvalue weighted by molar-refractivity contribution is 6.04. The van der Waals surface area contributed by atoms with Gasteiger partial charge in [0.15, 0.2) is 5.82 Å². The lowest BCUT2D eigenvalue weighted by molar-refractivity contribution is -0.137. The standard InChI is InChI=1S/C15H10F5N7O/c16-14(17)3-10-9(5-23-26(10)6-14)12(28)25-13-22-7-24-27(13)11-2-1-8(4-21-11)15(18,19)20/h1-2,4-5,7H,3,6H2,(H,22,24,25,28). The molecule has 3 aromatic rings. The predicted octanol–water partition coefficient (Wildman–Crippen LogP) is 2.32. The summed E-state index contributed by atoms with van der Waals surface area (Å²) in [6, 6.07) is 1.87. The maximum Gasteiger partial charge on any atom is 0.417 e. The minimum absolute atomic E-state index is 0.0208. The summed E-state index contributed by atoms with van der Waals surface area (Å²) in [4.78, 5) is 19.9. The van der Waals surface area contributed by atoms with Crippen molar-refractivity contribution in [3.8, 4) is 5.82 Å². The van der Waals surface area contributed by atoms with Crippen LogP contribution in [0.4, 0.5) is 27.9 Å². The van der Waals surface area contributed by atoms with Crippen LogP contribution in [0, 0.1) is 0 Å². The Balaban J connectivity index is 1.57. The zero-order valence-corrected chi connectivity index (χ0v) is 13.8. The Morgan fingerprint density at radius 3 is 2.61 bits per heavy atom. The highest BCUT2D eigenvalue weighted by Gasteiger charge is 2.41. The van der Waals surface area contributed by atoms with Crippen molar-refractivity contribution in [2.75, 3.05) is 5.32 Å². The van der Waals surface area contributed by atoms with Gasteiger partial charge in [0.05, 0.1) is 29.4 Å². The molecule has 13 heteroatoms. The summed E-state index contributed by atoms with van der Waals surface area (Å²) in [6.45, 7) is -0.610. The van der Waals surface area contributed by atoms with Crippen molar-refractivity contribution in [1.29, 1.82) is 0 Å². The van der Waals surface area contributed by atoms with E-state index in [4.69, 9.17) is 0 Å². The molecule has 0 saturated heterocycles. The van der Waals surface area contributed by atoms with Gasteiger partial charge in [-0.25, -0.2) is 13.8 Å². The van der Waals surface area contributed by atoms with Gasteiger partial charge >= 0.3 is 6.18 Å². The first-order valence-electron chi connectivity index (χ1n) is 7.81. The molecule has 1 aliphatic rings. The molecular weight excluding hydrogens is 389 g/mol. The predicted molar refractivity (Wildman–Crippen MR) is 83.0 cm³/mol. The van der Waals surface area contributed by atoms with E-state index >= 15 is 0 Å². The van der Waals surface area contributed by atoms with Crippen LogP contribution in [0.25, 0.3) is 5.82 Å². The first-order valence-corrected chi connectivity index (χ1v) is 7.81. The van der Waals surface area contributed by atoms with E-state index in [0.717, 1.165) is 34.0 Å². The molecule has 0 unspecified atom stereocenters. The Morgan fingerprint density at radius 2 is 1.93 bits per heavy atom. The second kappa shape index (κ2) is 6.07. The van der Waals surface area contributed by atoms with E-state index in [0.29, 0.717) is 6.20 Å². The molecule has 0 atom stereocenters. The molecule has 28 heavy (non-hydrogen) atoms. The van der Waals surface area contributed by atoms with Gasteiger partial charge in [-0.1, -0.05) is 0 Å². The van der Waals surface area contributed by atoms with Gasteiger partial charge in [-0.05, 0) is 12.1 Å². The van der Waals surface area contributed by atoms with Crippen LogP contribution < -0.4 is 5.32 Å². The second-order valence-corrected chi connectivity index (χ2v) is 6.05. The van der Waals surface area contributed by atoms with Gasteiger partial charge in [-0.15, -0.1) is 0 Å². The van der Waals surface area contributed by atoms with E-state index in [1.165, 1.54) is 0 Å². The van der Waals surface area contributed by atoms with Crippen molar-refractivity contribution < 1.29 is 26.7 Å². The Bertz CT molecular complexity index is 1040. The van der Waals surface area contributed by atoms with Gasteiger partial charge in [0.2, 0.25) is 5.95 Å².